The second kappa shape index (κ2) is 8.66. The maximum atomic E-state index is 12.7. The number of ether oxygens (including phenoxy) is 1. The standard InChI is InChI=1S/C22H23N7O2/c30-22(17-3-1-16(2-4-17)12-29-15-23-14-24-29)25-18-5-6-19-20(11-18)27-21(26-19)13-28-7-9-31-10-8-28/h1-6,11,14-15H,7-10,12-13H2,(H,25,30)(H,26,27). The van der Waals surface area contributed by atoms with Crippen molar-refractivity contribution in [1.29, 1.82) is 0 Å². The van der Waals surface area contributed by atoms with Crippen LogP contribution in [-0.4, -0.2) is 61.8 Å². The second-order valence-electron chi connectivity index (χ2n) is 7.55. The van der Waals surface area contributed by atoms with Gasteiger partial charge < -0.3 is 15.0 Å². The first kappa shape index (κ1) is 19.4. The topological polar surface area (TPSA) is 101 Å². The summed E-state index contributed by atoms with van der Waals surface area (Å²) in [5.41, 5.74) is 4.17. The zero-order valence-corrected chi connectivity index (χ0v) is 17.0. The molecule has 0 aliphatic carbocycles. The lowest BCUT2D eigenvalue weighted by Crippen LogP contribution is -2.35. The van der Waals surface area contributed by atoms with E-state index in [9.17, 15) is 4.79 Å². The Balaban J connectivity index is 1.24. The number of anilines is 1. The van der Waals surface area contributed by atoms with E-state index in [0.29, 0.717) is 12.1 Å². The number of benzene rings is 2. The van der Waals surface area contributed by atoms with E-state index in [0.717, 1.165) is 61.0 Å². The van der Waals surface area contributed by atoms with Crippen LogP contribution in [0.4, 0.5) is 5.69 Å². The number of rotatable bonds is 6. The predicted molar refractivity (Wildman–Crippen MR) is 116 cm³/mol. The average Bonchev–Trinajstić information content (AvgIpc) is 3.44. The first-order valence-corrected chi connectivity index (χ1v) is 10.2. The third kappa shape index (κ3) is 4.62. The van der Waals surface area contributed by atoms with Gasteiger partial charge in [-0.25, -0.2) is 14.6 Å². The summed E-state index contributed by atoms with van der Waals surface area (Å²) in [7, 11) is 0. The number of imidazole rings is 1. The minimum absolute atomic E-state index is 0.153. The Morgan fingerprint density at radius 1 is 1.10 bits per heavy atom. The molecule has 0 spiro atoms. The second-order valence-corrected chi connectivity index (χ2v) is 7.55. The molecule has 0 radical (unpaired) electrons. The van der Waals surface area contributed by atoms with Crippen LogP contribution in [0.1, 0.15) is 21.7 Å². The van der Waals surface area contributed by atoms with Gasteiger partial charge in [0, 0.05) is 24.3 Å². The molecule has 1 aliphatic rings. The van der Waals surface area contributed by atoms with Crippen LogP contribution in [0.25, 0.3) is 11.0 Å². The predicted octanol–water partition coefficient (Wildman–Crippen LogP) is 2.29. The molecule has 3 heterocycles. The molecule has 0 bridgehead atoms. The molecule has 9 nitrogen and oxygen atoms in total. The highest BCUT2D eigenvalue weighted by Crippen LogP contribution is 2.19. The number of nitrogens with zero attached hydrogens (tertiary/aromatic N) is 5. The lowest BCUT2D eigenvalue weighted by atomic mass is 10.1. The highest BCUT2D eigenvalue weighted by Gasteiger charge is 2.13. The van der Waals surface area contributed by atoms with Crippen molar-refractivity contribution in [2.45, 2.75) is 13.1 Å². The number of carbonyl (C=O) groups excluding carboxylic acids is 1. The summed E-state index contributed by atoms with van der Waals surface area (Å²) in [5, 5.41) is 7.06. The van der Waals surface area contributed by atoms with E-state index in [1.807, 2.05) is 42.5 Å². The highest BCUT2D eigenvalue weighted by atomic mass is 16.5. The van der Waals surface area contributed by atoms with Crippen molar-refractivity contribution in [3.05, 3.63) is 72.1 Å². The normalized spacial score (nSPS) is 14.7. The Labute approximate surface area is 179 Å². The smallest absolute Gasteiger partial charge is 0.255 e. The number of H-pyrrole nitrogens is 1. The molecule has 1 aliphatic heterocycles. The van der Waals surface area contributed by atoms with Gasteiger partial charge in [0.1, 0.15) is 18.5 Å². The Bertz CT molecular complexity index is 1160. The van der Waals surface area contributed by atoms with E-state index in [-0.39, 0.29) is 5.91 Å². The molecule has 2 aromatic heterocycles. The lowest BCUT2D eigenvalue weighted by molar-refractivity contribution is 0.0332. The molecule has 0 unspecified atom stereocenters. The molecule has 1 fully saturated rings. The quantitative estimate of drug-likeness (QED) is 0.499. The average molecular weight is 417 g/mol. The summed E-state index contributed by atoms with van der Waals surface area (Å²) in [5.74, 6) is 0.767. The number of aromatic nitrogens is 5. The molecule has 0 saturated carbocycles. The summed E-state index contributed by atoms with van der Waals surface area (Å²) in [6.45, 7) is 4.73. The third-order valence-corrected chi connectivity index (χ3v) is 5.29. The van der Waals surface area contributed by atoms with Crippen LogP contribution in [0, 0.1) is 0 Å². The number of hydrogen-bond donors (Lipinski definition) is 2. The largest absolute Gasteiger partial charge is 0.379 e. The number of amides is 1. The summed E-state index contributed by atoms with van der Waals surface area (Å²) in [6.07, 6.45) is 3.17. The Morgan fingerprint density at radius 2 is 1.94 bits per heavy atom. The van der Waals surface area contributed by atoms with Gasteiger partial charge in [0.2, 0.25) is 0 Å². The summed E-state index contributed by atoms with van der Waals surface area (Å²) >= 11 is 0. The first-order valence-electron chi connectivity index (χ1n) is 10.2. The van der Waals surface area contributed by atoms with Gasteiger partial charge in [-0.3, -0.25) is 9.69 Å². The monoisotopic (exact) mass is 417 g/mol. The molecule has 31 heavy (non-hydrogen) atoms. The molecule has 2 aromatic carbocycles. The van der Waals surface area contributed by atoms with E-state index < -0.39 is 0 Å². The molecule has 9 heteroatoms. The van der Waals surface area contributed by atoms with Crippen molar-refractivity contribution in [2.75, 3.05) is 31.6 Å². The fourth-order valence-corrected chi connectivity index (χ4v) is 3.65. The summed E-state index contributed by atoms with van der Waals surface area (Å²) in [4.78, 5) is 26.9. The van der Waals surface area contributed by atoms with Crippen LogP contribution in [0.3, 0.4) is 0 Å². The minimum Gasteiger partial charge on any atom is -0.379 e. The number of hydrogen-bond acceptors (Lipinski definition) is 6. The van der Waals surface area contributed by atoms with Gasteiger partial charge >= 0.3 is 0 Å². The minimum atomic E-state index is -0.153. The molecular formula is C22H23N7O2. The molecule has 5 rings (SSSR count). The van der Waals surface area contributed by atoms with Gasteiger partial charge in [-0.05, 0) is 35.9 Å². The molecule has 2 N–H and O–H groups in total. The van der Waals surface area contributed by atoms with Crippen molar-refractivity contribution in [3.8, 4) is 0 Å². The zero-order chi connectivity index (χ0) is 21.0. The third-order valence-electron chi connectivity index (χ3n) is 5.29. The molecule has 4 aromatic rings. The van der Waals surface area contributed by atoms with Crippen LogP contribution in [0.2, 0.25) is 0 Å². The number of fused-ring (bicyclic) bond motifs is 1. The van der Waals surface area contributed by atoms with Crippen molar-refractivity contribution in [1.82, 2.24) is 29.6 Å². The molecule has 0 atom stereocenters. The van der Waals surface area contributed by atoms with Gasteiger partial charge in [-0.15, -0.1) is 0 Å². The van der Waals surface area contributed by atoms with Gasteiger partial charge in [0.05, 0.1) is 37.3 Å². The van der Waals surface area contributed by atoms with E-state index in [2.05, 4.69) is 30.3 Å². The van der Waals surface area contributed by atoms with Crippen LogP contribution < -0.4 is 5.32 Å². The highest BCUT2D eigenvalue weighted by molar-refractivity contribution is 6.05. The maximum Gasteiger partial charge on any atom is 0.255 e. The first-order chi connectivity index (χ1) is 15.2. The van der Waals surface area contributed by atoms with Gasteiger partial charge in [-0.1, -0.05) is 12.1 Å². The lowest BCUT2D eigenvalue weighted by Gasteiger charge is -2.25. The van der Waals surface area contributed by atoms with Crippen LogP contribution in [0.15, 0.2) is 55.1 Å². The maximum absolute atomic E-state index is 12.7. The van der Waals surface area contributed by atoms with E-state index in [1.165, 1.54) is 6.33 Å². The van der Waals surface area contributed by atoms with Crippen molar-refractivity contribution in [2.24, 2.45) is 0 Å². The Morgan fingerprint density at radius 3 is 2.71 bits per heavy atom. The molecule has 1 amide bonds. The van der Waals surface area contributed by atoms with E-state index >= 15 is 0 Å². The zero-order valence-electron chi connectivity index (χ0n) is 17.0. The SMILES string of the molecule is O=C(Nc1ccc2nc(CN3CCOCC3)[nH]c2c1)c1ccc(Cn2cncn2)cc1. The van der Waals surface area contributed by atoms with Crippen molar-refractivity contribution < 1.29 is 9.53 Å². The summed E-state index contributed by atoms with van der Waals surface area (Å²) in [6, 6.07) is 13.2. The Kier molecular flexibility index (Phi) is 5.42. The fraction of sp³-hybridized carbons (Fsp3) is 0.273. The molecule has 158 valence electrons. The number of carbonyl (C=O) groups is 1. The Hall–Kier alpha value is -3.56. The van der Waals surface area contributed by atoms with E-state index in [4.69, 9.17) is 4.74 Å². The summed E-state index contributed by atoms with van der Waals surface area (Å²) < 4.78 is 7.13. The molecular weight excluding hydrogens is 394 g/mol. The molecule has 1 saturated heterocycles. The van der Waals surface area contributed by atoms with Crippen LogP contribution in [0.5, 0.6) is 0 Å². The van der Waals surface area contributed by atoms with Gasteiger partial charge in [-0.2, -0.15) is 5.10 Å². The van der Waals surface area contributed by atoms with Crippen LogP contribution in [-0.2, 0) is 17.8 Å². The fourth-order valence-electron chi connectivity index (χ4n) is 3.65. The number of aromatic amines is 1. The van der Waals surface area contributed by atoms with Crippen molar-refractivity contribution in [3.63, 3.8) is 0 Å². The van der Waals surface area contributed by atoms with Crippen LogP contribution >= 0.6 is 0 Å². The van der Waals surface area contributed by atoms with E-state index in [1.54, 1.807) is 11.0 Å². The number of morpholine rings is 1. The van der Waals surface area contributed by atoms with Crippen molar-refractivity contribution >= 4 is 22.6 Å². The van der Waals surface area contributed by atoms with Gasteiger partial charge in [0.15, 0.2) is 0 Å². The van der Waals surface area contributed by atoms with Gasteiger partial charge in [0.25, 0.3) is 5.91 Å². The number of nitrogens with one attached hydrogen (secondary N) is 2.